The molecule has 0 radical (unpaired) electrons. The largest absolute Gasteiger partial charge is 0.380 e. The monoisotopic (exact) mass is 344 g/mol. The highest BCUT2D eigenvalue weighted by molar-refractivity contribution is 6.13. The zero-order chi connectivity index (χ0) is 18.2. The van der Waals surface area contributed by atoms with Crippen LogP contribution in [-0.2, 0) is 11.3 Å². The van der Waals surface area contributed by atoms with Gasteiger partial charge in [0.15, 0.2) is 0 Å². The van der Waals surface area contributed by atoms with Crippen LogP contribution < -0.4 is 5.43 Å². The van der Waals surface area contributed by atoms with Crippen LogP contribution in [0.4, 0.5) is 0 Å². The Labute approximate surface area is 153 Å². The van der Waals surface area contributed by atoms with Crippen molar-refractivity contribution >= 4 is 11.6 Å². The van der Waals surface area contributed by atoms with Crippen LogP contribution in [0.25, 0.3) is 0 Å². The summed E-state index contributed by atoms with van der Waals surface area (Å²) in [6, 6.07) is 26.9. The van der Waals surface area contributed by atoms with Crippen molar-refractivity contribution in [3.8, 4) is 0 Å². The number of hydrogen-bond acceptors (Lipinski definition) is 3. The van der Waals surface area contributed by atoms with Crippen LogP contribution in [0.3, 0.4) is 0 Å². The lowest BCUT2D eigenvalue weighted by Crippen LogP contribution is -2.22. The number of methoxy groups -OCH3 is 1. The van der Waals surface area contributed by atoms with E-state index in [-0.39, 0.29) is 5.91 Å². The molecular formula is C22H20N2O2. The van der Waals surface area contributed by atoms with Gasteiger partial charge in [-0.25, -0.2) is 5.43 Å². The standard InChI is InChI=1S/C22H20N2O2/c1-26-16-19-14-8-9-15-20(19)22(25)24-23-21(17-10-4-2-5-11-17)18-12-6-3-7-13-18/h2-15H,16H2,1H3,(H,24,25). The quantitative estimate of drug-likeness (QED) is 0.542. The molecule has 130 valence electrons. The predicted molar refractivity (Wildman–Crippen MR) is 103 cm³/mol. The summed E-state index contributed by atoms with van der Waals surface area (Å²) in [6.07, 6.45) is 0. The molecule has 1 N–H and O–H groups in total. The molecule has 0 saturated heterocycles. The van der Waals surface area contributed by atoms with Crippen LogP contribution in [0, 0.1) is 0 Å². The van der Waals surface area contributed by atoms with E-state index < -0.39 is 0 Å². The number of carbonyl (C=O) groups is 1. The molecule has 0 unspecified atom stereocenters. The van der Waals surface area contributed by atoms with E-state index in [9.17, 15) is 4.79 Å². The number of hydrazone groups is 1. The van der Waals surface area contributed by atoms with E-state index in [4.69, 9.17) is 4.74 Å². The van der Waals surface area contributed by atoms with Crippen molar-refractivity contribution in [2.75, 3.05) is 7.11 Å². The minimum atomic E-state index is -0.262. The molecule has 4 heteroatoms. The Bertz CT molecular complexity index is 849. The summed E-state index contributed by atoms with van der Waals surface area (Å²) >= 11 is 0. The van der Waals surface area contributed by atoms with Gasteiger partial charge >= 0.3 is 0 Å². The first-order valence-electron chi connectivity index (χ1n) is 8.35. The molecule has 0 saturated carbocycles. The number of hydrogen-bond donors (Lipinski definition) is 1. The van der Waals surface area contributed by atoms with Gasteiger partial charge in [0.25, 0.3) is 5.91 Å². The highest BCUT2D eigenvalue weighted by atomic mass is 16.5. The third kappa shape index (κ3) is 4.23. The van der Waals surface area contributed by atoms with Gasteiger partial charge in [-0.15, -0.1) is 0 Å². The molecule has 0 fully saturated rings. The number of carbonyl (C=O) groups excluding carboxylic acids is 1. The van der Waals surface area contributed by atoms with Crippen molar-refractivity contribution in [2.45, 2.75) is 6.61 Å². The van der Waals surface area contributed by atoms with Gasteiger partial charge < -0.3 is 4.74 Å². The van der Waals surface area contributed by atoms with Crippen molar-refractivity contribution in [3.05, 3.63) is 107 Å². The SMILES string of the molecule is COCc1ccccc1C(=O)NN=C(c1ccccc1)c1ccccc1. The molecule has 0 atom stereocenters. The number of nitrogens with zero attached hydrogens (tertiary/aromatic N) is 1. The summed E-state index contributed by atoms with van der Waals surface area (Å²) < 4.78 is 5.17. The zero-order valence-corrected chi connectivity index (χ0v) is 14.6. The van der Waals surface area contributed by atoms with Crippen LogP contribution >= 0.6 is 0 Å². The highest BCUT2D eigenvalue weighted by Gasteiger charge is 2.12. The summed E-state index contributed by atoms with van der Waals surface area (Å²) in [6.45, 7) is 0.373. The van der Waals surface area contributed by atoms with Gasteiger partial charge in [0.05, 0.1) is 12.3 Å². The van der Waals surface area contributed by atoms with Crippen molar-refractivity contribution in [1.29, 1.82) is 0 Å². The highest BCUT2D eigenvalue weighted by Crippen LogP contribution is 2.12. The Morgan fingerprint density at radius 3 is 1.96 bits per heavy atom. The van der Waals surface area contributed by atoms with Gasteiger partial charge in [-0.05, 0) is 11.6 Å². The molecule has 0 aliphatic carbocycles. The molecule has 0 heterocycles. The summed E-state index contributed by atoms with van der Waals surface area (Å²) in [7, 11) is 1.61. The summed E-state index contributed by atoms with van der Waals surface area (Å²) in [5.74, 6) is -0.262. The molecule has 1 amide bonds. The molecule has 0 spiro atoms. The lowest BCUT2D eigenvalue weighted by atomic mass is 10.0. The molecule has 26 heavy (non-hydrogen) atoms. The summed E-state index contributed by atoms with van der Waals surface area (Å²) in [4.78, 5) is 12.6. The van der Waals surface area contributed by atoms with Crippen LogP contribution in [0.5, 0.6) is 0 Å². The molecular weight excluding hydrogens is 324 g/mol. The Kier molecular flexibility index (Phi) is 5.91. The fourth-order valence-electron chi connectivity index (χ4n) is 2.68. The Morgan fingerprint density at radius 1 is 0.846 bits per heavy atom. The number of nitrogens with one attached hydrogen (secondary N) is 1. The molecule has 0 bridgehead atoms. The van der Waals surface area contributed by atoms with Crippen molar-refractivity contribution < 1.29 is 9.53 Å². The van der Waals surface area contributed by atoms with E-state index in [1.165, 1.54) is 0 Å². The molecule has 3 aromatic rings. The third-order valence-corrected chi connectivity index (χ3v) is 3.93. The van der Waals surface area contributed by atoms with Crippen LogP contribution in [0.2, 0.25) is 0 Å². The van der Waals surface area contributed by atoms with Crippen molar-refractivity contribution in [2.24, 2.45) is 5.10 Å². The molecule has 3 rings (SSSR count). The Balaban J connectivity index is 1.91. The first kappa shape index (κ1) is 17.6. The van der Waals surface area contributed by atoms with Gasteiger partial charge in [0.1, 0.15) is 0 Å². The first-order valence-corrected chi connectivity index (χ1v) is 8.35. The van der Waals surface area contributed by atoms with E-state index in [1.807, 2.05) is 78.9 Å². The second-order valence-corrected chi connectivity index (χ2v) is 5.72. The van der Waals surface area contributed by atoms with Crippen molar-refractivity contribution in [1.82, 2.24) is 5.43 Å². The number of ether oxygens (including phenoxy) is 1. The van der Waals surface area contributed by atoms with E-state index in [0.717, 1.165) is 16.7 Å². The second kappa shape index (κ2) is 8.74. The Morgan fingerprint density at radius 2 is 1.38 bits per heavy atom. The predicted octanol–water partition coefficient (Wildman–Crippen LogP) is 4.02. The maximum absolute atomic E-state index is 12.6. The van der Waals surface area contributed by atoms with Crippen LogP contribution in [0.1, 0.15) is 27.0 Å². The van der Waals surface area contributed by atoms with Gasteiger partial charge in [-0.1, -0.05) is 78.9 Å². The fourth-order valence-corrected chi connectivity index (χ4v) is 2.68. The molecule has 0 aromatic heterocycles. The van der Waals surface area contributed by atoms with Gasteiger partial charge in [0, 0.05) is 23.8 Å². The fraction of sp³-hybridized carbons (Fsp3) is 0.0909. The normalized spacial score (nSPS) is 10.2. The van der Waals surface area contributed by atoms with Crippen LogP contribution in [-0.4, -0.2) is 18.7 Å². The average Bonchev–Trinajstić information content (AvgIpc) is 2.70. The average molecular weight is 344 g/mol. The topological polar surface area (TPSA) is 50.7 Å². The van der Waals surface area contributed by atoms with Gasteiger partial charge in [-0.2, -0.15) is 5.10 Å². The smallest absolute Gasteiger partial charge is 0.271 e. The molecule has 3 aromatic carbocycles. The molecule has 0 aliphatic rings. The first-order chi connectivity index (χ1) is 12.8. The number of amides is 1. The number of rotatable bonds is 6. The minimum absolute atomic E-state index is 0.262. The van der Waals surface area contributed by atoms with E-state index in [0.29, 0.717) is 17.9 Å². The lowest BCUT2D eigenvalue weighted by Gasteiger charge is -2.10. The van der Waals surface area contributed by atoms with Crippen LogP contribution in [0.15, 0.2) is 90.0 Å². The second-order valence-electron chi connectivity index (χ2n) is 5.72. The Hall–Kier alpha value is -3.24. The maximum atomic E-state index is 12.6. The third-order valence-electron chi connectivity index (χ3n) is 3.93. The van der Waals surface area contributed by atoms with E-state index in [1.54, 1.807) is 13.2 Å². The zero-order valence-electron chi connectivity index (χ0n) is 14.6. The summed E-state index contributed by atoms with van der Waals surface area (Å²) in [5.41, 5.74) is 6.65. The maximum Gasteiger partial charge on any atom is 0.271 e. The number of benzene rings is 3. The summed E-state index contributed by atoms with van der Waals surface area (Å²) in [5, 5.41) is 4.42. The molecule has 4 nitrogen and oxygen atoms in total. The van der Waals surface area contributed by atoms with Crippen molar-refractivity contribution in [3.63, 3.8) is 0 Å². The van der Waals surface area contributed by atoms with E-state index >= 15 is 0 Å². The lowest BCUT2D eigenvalue weighted by molar-refractivity contribution is 0.0950. The minimum Gasteiger partial charge on any atom is -0.380 e. The van der Waals surface area contributed by atoms with Gasteiger partial charge in [-0.3, -0.25) is 4.79 Å². The van der Waals surface area contributed by atoms with Gasteiger partial charge in [0.2, 0.25) is 0 Å². The molecule has 0 aliphatic heterocycles. The van der Waals surface area contributed by atoms with E-state index in [2.05, 4.69) is 10.5 Å².